The van der Waals surface area contributed by atoms with Gasteiger partial charge in [-0.1, -0.05) is 24.3 Å². The van der Waals surface area contributed by atoms with E-state index in [2.05, 4.69) is 4.98 Å². The molecule has 1 aromatic heterocycles. The summed E-state index contributed by atoms with van der Waals surface area (Å²) in [5, 5.41) is 1.10. The molecule has 76 valence electrons. The molecular weight excluding hydrogens is 186 g/mol. The first kappa shape index (κ1) is 9.84. The van der Waals surface area contributed by atoms with E-state index in [1.54, 1.807) is 0 Å². The van der Waals surface area contributed by atoms with E-state index in [0.717, 1.165) is 22.9 Å². The largest absolute Gasteiger partial charge is 0.302 e. The van der Waals surface area contributed by atoms with E-state index in [1.165, 1.54) is 0 Å². The lowest BCUT2D eigenvalue weighted by Crippen LogP contribution is -2.20. The van der Waals surface area contributed by atoms with E-state index in [-0.39, 0.29) is 0 Å². The molecule has 0 atom stereocenters. The fraction of sp³-hybridized carbons (Fsp3) is 0.231. The highest BCUT2D eigenvalue weighted by atomic mass is 16.1. The molecule has 1 heterocycles. The highest BCUT2D eigenvalue weighted by Gasteiger charge is 2.20. The van der Waals surface area contributed by atoms with Crippen molar-refractivity contribution >= 4 is 17.2 Å². The number of pyridine rings is 1. The summed E-state index contributed by atoms with van der Waals surface area (Å²) >= 11 is 0. The second-order valence-corrected chi connectivity index (χ2v) is 4.23. The Balaban J connectivity index is 2.61. The highest BCUT2D eigenvalue weighted by Crippen LogP contribution is 2.21. The second-order valence-electron chi connectivity index (χ2n) is 4.23. The molecule has 0 aliphatic carbocycles. The van der Waals surface area contributed by atoms with Crippen molar-refractivity contribution in [1.82, 2.24) is 4.98 Å². The lowest BCUT2D eigenvalue weighted by molar-refractivity contribution is -0.111. The smallest absolute Gasteiger partial charge is 0.131 e. The van der Waals surface area contributed by atoms with Gasteiger partial charge in [0.25, 0.3) is 0 Å². The van der Waals surface area contributed by atoms with E-state index in [1.807, 2.05) is 50.2 Å². The van der Waals surface area contributed by atoms with Crippen LogP contribution in [0.4, 0.5) is 0 Å². The molecule has 0 bridgehead atoms. The fourth-order valence-corrected chi connectivity index (χ4v) is 1.49. The van der Waals surface area contributed by atoms with Gasteiger partial charge in [-0.05, 0) is 26.0 Å². The van der Waals surface area contributed by atoms with Crippen molar-refractivity contribution in [3.05, 3.63) is 42.1 Å². The van der Waals surface area contributed by atoms with Crippen LogP contribution in [-0.4, -0.2) is 11.3 Å². The number of aldehydes is 1. The summed E-state index contributed by atoms with van der Waals surface area (Å²) in [6.07, 6.45) is 0.935. The Hall–Kier alpha value is -1.70. The minimum absolute atomic E-state index is 0.510. The summed E-state index contributed by atoms with van der Waals surface area (Å²) in [5.74, 6) is 0. The molecule has 0 saturated carbocycles. The van der Waals surface area contributed by atoms with E-state index in [0.29, 0.717) is 0 Å². The molecule has 0 radical (unpaired) electrons. The highest BCUT2D eigenvalue weighted by molar-refractivity contribution is 5.79. The number of benzene rings is 1. The second kappa shape index (κ2) is 3.46. The SMILES string of the molecule is CC(C)(C=O)c1ccc2ccccc2n1. The summed E-state index contributed by atoms with van der Waals surface area (Å²) in [5.41, 5.74) is 1.24. The predicted molar refractivity (Wildman–Crippen MR) is 60.8 cm³/mol. The summed E-state index contributed by atoms with van der Waals surface area (Å²) in [7, 11) is 0. The zero-order valence-corrected chi connectivity index (χ0v) is 8.90. The maximum atomic E-state index is 10.9. The average Bonchev–Trinajstić information content (AvgIpc) is 2.28. The third kappa shape index (κ3) is 1.75. The first-order valence-electron chi connectivity index (χ1n) is 4.96. The maximum absolute atomic E-state index is 10.9. The topological polar surface area (TPSA) is 30.0 Å². The molecular formula is C13H13NO. The summed E-state index contributed by atoms with van der Waals surface area (Å²) in [6.45, 7) is 3.74. The Morgan fingerprint density at radius 1 is 1.13 bits per heavy atom. The van der Waals surface area contributed by atoms with Crippen molar-refractivity contribution in [2.75, 3.05) is 0 Å². The van der Waals surface area contributed by atoms with Gasteiger partial charge in [0.2, 0.25) is 0 Å². The number of hydrogen-bond donors (Lipinski definition) is 0. The molecule has 2 heteroatoms. The fourth-order valence-electron chi connectivity index (χ4n) is 1.49. The Morgan fingerprint density at radius 2 is 1.87 bits per heavy atom. The summed E-state index contributed by atoms with van der Waals surface area (Å²) < 4.78 is 0. The predicted octanol–water partition coefficient (Wildman–Crippen LogP) is 2.71. The van der Waals surface area contributed by atoms with Gasteiger partial charge < -0.3 is 4.79 Å². The van der Waals surface area contributed by atoms with Gasteiger partial charge >= 0.3 is 0 Å². The molecule has 15 heavy (non-hydrogen) atoms. The van der Waals surface area contributed by atoms with Gasteiger partial charge in [-0.15, -0.1) is 0 Å². The van der Waals surface area contributed by atoms with E-state index in [9.17, 15) is 4.79 Å². The molecule has 2 rings (SSSR count). The number of fused-ring (bicyclic) bond motifs is 1. The van der Waals surface area contributed by atoms with E-state index >= 15 is 0 Å². The molecule has 0 N–H and O–H groups in total. The maximum Gasteiger partial charge on any atom is 0.131 e. The Morgan fingerprint density at radius 3 is 2.60 bits per heavy atom. The molecule has 2 aromatic rings. The third-order valence-electron chi connectivity index (χ3n) is 2.55. The number of hydrogen-bond acceptors (Lipinski definition) is 2. The third-order valence-corrected chi connectivity index (χ3v) is 2.55. The first-order valence-corrected chi connectivity index (χ1v) is 4.96. The van der Waals surface area contributed by atoms with Gasteiger partial charge in [0, 0.05) is 5.39 Å². The summed E-state index contributed by atoms with van der Waals surface area (Å²) in [4.78, 5) is 15.4. The van der Waals surface area contributed by atoms with Crippen LogP contribution in [0.1, 0.15) is 19.5 Å². The first-order chi connectivity index (χ1) is 7.13. The van der Waals surface area contributed by atoms with Crippen LogP contribution in [0.25, 0.3) is 10.9 Å². The normalized spacial score (nSPS) is 11.6. The Labute approximate surface area is 89.0 Å². The summed E-state index contributed by atoms with van der Waals surface area (Å²) in [6, 6.07) is 11.8. The van der Waals surface area contributed by atoms with Gasteiger partial charge in [-0.3, -0.25) is 4.98 Å². The lowest BCUT2D eigenvalue weighted by atomic mass is 9.90. The molecule has 0 fully saturated rings. The van der Waals surface area contributed by atoms with Gasteiger partial charge in [0.05, 0.1) is 16.6 Å². The number of rotatable bonds is 2. The molecule has 0 aliphatic rings. The van der Waals surface area contributed by atoms with Crippen molar-refractivity contribution in [2.24, 2.45) is 0 Å². The molecule has 1 aromatic carbocycles. The molecule has 2 nitrogen and oxygen atoms in total. The van der Waals surface area contributed by atoms with Crippen LogP contribution in [-0.2, 0) is 10.2 Å². The van der Waals surface area contributed by atoms with Crippen molar-refractivity contribution in [1.29, 1.82) is 0 Å². The standard InChI is InChI=1S/C13H13NO/c1-13(2,9-15)12-8-7-10-5-3-4-6-11(10)14-12/h3-9H,1-2H3. The van der Waals surface area contributed by atoms with Crippen LogP contribution in [0.2, 0.25) is 0 Å². The van der Waals surface area contributed by atoms with Gasteiger partial charge in [-0.2, -0.15) is 0 Å². The number of carbonyl (C=O) groups is 1. The zero-order valence-electron chi connectivity index (χ0n) is 8.90. The molecule has 0 amide bonds. The van der Waals surface area contributed by atoms with Crippen LogP contribution in [0, 0.1) is 0 Å². The minimum Gasteiger partial charge on any atom is -0.302 e. The van der Waals surface area contributed by atoms with Crippen LogP contribution >= 0.6 is 0 Å². The van der Waals surface area contributed by atoms with Crippen LogP contribution < -0.4 is 0 Å². The lowest BCUT2D eigenvalue weighted by Gasteiger charge is -2.16. The van der Waals surface area contributed by atoms with Crippen LogP contribution in [0.5, 0.6) is 0 Å². The molecule has 0 aliphatic heterocycles. The quantitative estimate of drug-likeness (QED) is 0.696. The average molecular weight is 199 g/mol. The van der Waals surface area contributed by atoms with Gasteiger partial charge in [-0.25, -0.2) is 0 Å². The van der Waals surface area contributed by atoms with E-state index in [4.69, 9.17) is 0 Å². The van der Waals surface area contributed by atoms with Gasteiger partial charge in [0.1, 0.15) is 6.29 Å². The molecule has 0 unspecified atom stereocenters. The van der Waals surface area contributed by atoms with Crippen molar-refractivity contribution in [3.63, 3.8) is 0 Å². The number of aromatic nitrogens is 1. The van der Waals surface area contributed by atoms with E-state index < -0.39 is 5.41 Å². The molecule has 0 spiro atoms. The Bertz CT molecular complexity index is 503. The minimum atomic E-state index is -0.510. The number of nitrogens with zero attached hydrogens (tertiary/aromatic N) is 1. The van der Waals surface area contributed by atoms with Crippen molar-refractivity contribution in [3.8, 4) is 0 Å². The molecule has 0 saturated heterocycles. The number of para-hydroxylation sites is 1. The van der Waals surface area contributed by atoms with Crippen molar-refractivity contribution in [2.45, 2.75) is 19.3 Å². The Kier molecular flexibility index (Phi) is 2.27. The van der Waals surface area contributed by atoms with Crippen LogP contribution in [0.3, 0.4) is 0 Å². The van der Waals surface area contributed by atoms with Gasteiger partial charge in [0.15, 0.2) is 0 Å². The number of carbonyl (C=O) groups excluding carboxylic acids is 1. The zero-order chi connectivity index (χ0) is 10.9. The van der Waals surface area contributed by atoms with Crippen LogP contribution in [0.15, 0.2) is 36.4 Å². The van der Waals surface area contributed by atoms with Crippen molar-refractivity contribution < 1.29 is 4.79 Å². The monoisotopic (exact) mass is 199 g/mol.